The number of anilines is 1. The first kappa shape index (κ1) is 19.1. The normalized spacial score (nSPS) is 11.7. The monoisotopic (exact) mass is 381 g/mol. The van der Waals surface area contributed by atoms with Gasteiger partial charge < -0.3 is 15.2 Å². The van der Waals surface area contributed by atoms with Gasteiger partial charge in [0, 0.05) is 5.56 Å². The van der Waals surface area contributed by atoms with Crippen molar-refractivity contribution in [3.05, 3.63) is 57.6 Å². The largest absolute Gasteiger partial charge is 0.491 e. The molecule has 1 unspecified atom stereocenters. The van der Waals surface area contributed by atoms with Crippen LogP contribution < -0.4 is 10.1 Å². The molecule has 0 aliphatic carbocycles. The number of rotatable bonds is 6. The summed E-state index contributed by atoms with van der Waals surface area (Å²) >= 11 is 11.9. The summed E-state index contributed by atoms with van der Waals surface area (Å²) in [5.41, 5.74) is 0.389. The number of aromatic carboxylic acids is 1. The number of nitrogens with one attached hydrogen (secondary N) is 1. The maximum absolute atomic E-state index is 12.4. The summed E-state index contributed by atoms with van der Waals surface area (Å²) in [6.07, 6.45) is 0.872. The Hall–Kier alpha value is -2.24. The summed E-state index contributed by atoms with van der Waals surface area (Å²) < 4.78 is 5.69. The Morgan fingerprint density at radius 1 is 1.20 bits per heavy atom. The number of carbonyl (C=O) groups excluding carboxylic acids is 1. The second-order valence-electron chi connectivity index (χ2n) is 5.44. The average molecular weight is 382 g/mol. The molecule has 132 valence electrons. The predicted molar refractivity (Wildman–Crippen MR) is 98.2 cm³/mol. The number of benzene rings is 2. The van der Waals surface area contributed by atoms with Crippen molar-refractivity contribution in [3.63, 3.8) is 0 Å². The summed E-state index contributed by atoms with van der Waals surface area (Å²) in [7, 11) is 0. The van der Waals surface area contributed by atoms with Crippen LogP contribution in [-0.2, 0) is 0 Å². The second-order valence-corrected chi connectivity index (χ2v) is 6.25. The molecule has 0 fully saturated rings. The van der Waals surface area contributed by atoms with Gasteiger partial charge in [-0.15, -0.1) is 0 Å². The van der Waals surface area contributed by atoms with Crippen molar-refractivity contribution >= 4 is 40.8 Å². The quantitative estimate of drug-likeness (QED) is 0.727. The lowest BCUT2D eigenvalue weighted by Crippen LogP contribution is -2.14. The van der Waals surface area contributed by atoms with Gasteiger partial charge in [-0.3, -0.25) is 4.79 Å². The maximum atomic E-state index is 12.4. The molecule has 25 heavy (non-hydrogen) atoms. The van der Waals surface area contributed by atoms with Gasteiger partial charge in [0.2, 0.25) is 0 Å². The average Bonchev–Trinajstić information content (AvgIpc) is 2.57. The Bertz CT molecular complexity index is 808. The minimum absolute atomic E-state index is 0.000510. The predicted octanol–water partition coefficient (Wildman–Crippen LogP) is 5.12. The zero-order valence-electron chi connectivity index (χ0n) is 13.7. The van der Waals surface area contributed by atoms with Gasteiger partial charge in [0.05, 0.1) is 27.4 Å². The van der Waals surface area contributed by atoms with Crippen molar-refractivity contribution in [1.29, 1.82) is 0 Å². The smallest absolute Gasteiger partial charge is 0.337 e. The van der Waals surface area contributed by atoms with E-state index in [0.29, 0.717) is 11.3 Å². The lowest BCUT2D eigenvalue weighted by molar-refractivity contribution is 0.0696. The Morgan fingerprint density at radius 2 is 1.92 bits per heavy atom. The van der Waals surface area contributed by atoms with Crippen LogP contribution in [0.1, 0.15) is 41.0 Å². The number of carboxylic acid groups (broad SMARTS) is 1. The molecule has 2 N–H and O–H groups in total. The van der Waals surface area contributed by atoms with Crippen molar-refractivity contribution in [2.45, 2.75) is 26.4 Å². The van der Waals surface area contributed by atoms with Crippen LogP contribution in [0.5, 0.6) is 5.75 Å². The number of amides is 1. The van der Waals surface area contributed by atoms with E-state index < -0.39 is 11.9 Å². The molecule has 0 aromatic heterocycles. The highest BCUT2D eigenvalue weighted by molar-refractivity contribution is 6.38. The second kappa shape index (κ2) is 8.23. The van der Waals surface area contributed by atoms with Crippen molar-refractivity contribution < 1.29 is 19.4 Å². The third-order valence-corrected chi connectivity index (χ3v) is 4.17. The third kappa shape index (κ3) is 4.87. The van der Waals surface area contributed by atoms with Gasteiger partial charge in [-0.1, -0.05) is 36.2 Å². The van der Waals surface area contributed by atoms with Gasteiger partial charge in [0.25, 0.3) is 5.91 Å². The van der Waals surface area contributed by atoms with Crippen LogP contribution in [0.2, 0.25) is 10.0 Å². The summed E-state index contributed by atoms with van der Waals surface area (Å²) in [5.74, 6) is -1.06. The van der Waals surface area contributed by atoms with Crippen LogP contribution in [-0.4, -0.2) is 23.1 Å². The van der Waals surface area contributed by atoms with E-state index in [1.54, 1.807) is 24.3 Å². The number of carboxylic acids is 1. The van der Waals surface area contributed by atoms with Gasteiger partial charge in [0.15, 0.2) is 0 Å². The molecule has 1 amide bonds. The van der Waals surface area contributed by atoms with E-state index >= 15 is 0 Å². The first-order valence-electron chi connectivity index (χ1n) is 7.62. The third-order valence-electron chi connectivity index (χ3n) is 3.54. The van der Waals surface area contributed by atoms with Crippen LogP contribution in [0, 0.1) is 0 Å². The molecular weight excluding hydrogens is 365 g/mol. The number of halogens is 2. The SMILES string of the molecule is CCC(C)Oc1cccc(C(=O)Nc2cc(C(=O)O)c(Cl)cc2Cl)c1. The topological polar surface area (TPSA) is 75.6 Å². The van der Waals surface area contributed by atoms with Crippen LogP contribution in [0.25, 0.3) is 0 Å². The summed E-state index contributed by atoms with van der Waals surface area (Å²) in [5, 5.41) is 11.9. The molecule has 0 spiro atoms. The first-order valence-corrected chi connectivity index (χ1v) is 8.37. The van der Waals surface area contributed by atoms with Crippen LogP contribution in [0.15, 0.2) is 36.4 Å². The van der Waals surface area contributed by atoms with E-state index in [0.717, 1.165) is 6.42 Å². The van der Waals surface area contributed by atoms with Crippen LogP contribution in [0.4, 0.5) is 5.69 Å². The molecule has 0 aliphatic heterocycles. The summed E-state index contributed by atoms with van der Waals surface area (Å²) in [6, 6.07) is 9.22. The lowest BCUT2D eigenvalue weighted by Gasteiger charge is -2.14. The number of hydrogen-bond acceptors (Lipinski definition) is 3. The molecular formula is C18H17Cl2NO4. The highest BCUT2D eigenvalue weighted by atomic mass is 35.5. The molecule has 0 heterocycles. The van der Waals surface area contributed by atoms with Crippen molar-refractivity contribution in [2.75, 3.05) is 5.32 Å². The van der Waals surface area contributed by atoms with E-state index in [1.165, 1.54) is 12.1 Å². The lowest BCUT2D eigenvalue weighted by atomic mass is 10.1. The molecule has 2 rings (SSSR count). The van der Waals surface area contributed by atoms with E-state index in [1.807, 2.05) is 13.8 Å². The minimum Gasteiger partial charge on any atom is -0.491 e. The number of carbonyl (C=O) groups is 2. The van der Waals surface area contributed by atoms with Crippen molar-refractivity contribution in [3.8, 4) is 5.75 Å². The van der Waals surface area contributed by atoms with Gasteiger partial charge in [-0.25, -0.2) is 4.79 Å². The molecule has 0 radical (unpaired) electrons. The Labute approximate surface area is 155 Å². The summed E-state index contributed by atoms with van der Waals surface area (Å²) in [6.45, 7) is 3.94. The zero-order chi connectivity index (χ0) is 18.6. The number of ether oxygens (including phenoxy) is 1. The molecule has 0 saturated carbocycles. The highest BCUT2D eigenvalue weighted by Crippen LogP contribution is 2.30. The van der Waals surface area contributed by atoms with Crippen molar-refractivity contribution in [2.24, 2.45) is 0 Å². The fourth-order valence-corrected chi connectivity index (χ4v) is 2.54. The molecule has 0 bridgehead atoms. The Morgan fingerprint density at radius 3 is 2.56 bits per heavy atom. The molecule has 2 aromatic carbocycles. The van der Waals surface area contributed by atoms with Crippen LogP contribution >= 0.6 is 23.2 Å². The zero-order valence-corrected chi connectivity index (χ0v) is 15.2. The van der Waals surface area contributed by atoms with E-state index in [9.17, 15) is 9.59 Å². The fraction of sp³-hybridized carbons (Fsp3) is 0.222. The van der Waals surface area contributed by atoms with Gasteiger partial charge in [0.1, 0.15) is 5.75 Å². The van der Waals surface area contributed by atoms with Crippen LogP contribution in [0.3, 0.4) is 0 Å². The molecule has 2 aromatic rings. The van der Waals surface area contributed by atoms with Gasteiger partial charge in [-0.2, -0.15) is 0 Å². The fourth-order valence-electron chi connectivity index (χ4n) is 2.03. The minimum atomic E-state index is -1.21. The highest BCUT2D eigenvalue weighted by Gasteiger charge is 2.16. The van der Waals surface area contributed by atoms with Gasteiger partial charge in [-0.05, 0) is 43.7 Å². The number of hydrogen-bond donors (Lipinski definition) is 2. The van der Waals surface area contributed by atoms with E-state index in [2.05, 4.69) is 5.32 Å². The van der Waals surface area contributed by atoms with Gasteiger partial charge >= 0.3 is 5.97 Å². The maximum Gasteiger partial charge on any atom is 0.337 e. The van der Waals surface area contributed by atoms with E-state index in [-0.39, 0.29) is 27.4 Å². The molecule has 7 heteroatoms. The Balaban J connectivity index is 2.24. The molecule has 5 nitrogen and oxygen atoms in total. The standard InChI is InChI=1S/C18H17Cl2NO4/c1-3-10(2)25-12-6-4-5-11(7-12)17(22)21-16-8-13(18(23)24)14(19)9-15(16)20/h4-10H,3H2,1-2H3,(H,21,22)(H,23,24). The van der Waals surface area contributed by atoms with E-state index in [4.69, 9.17) is 33.0 Å². The van der Waals surface area contributed by atoms with Crippen molar-refractivity contribution in [1.82, 2.24) is 0 Å². The first-order chi connectivity index (χ1) is 11.8. The molecule has 0 saturated heterocycles. The molecule has 1 atom stereocenters. The molecule has 0 aliphatic rings. The Kier molecular flexibility index (Phi) is 6.28. The summed E-state index contributed by atoms with van der Waals surface area (Å²) in [4.78, 5) is 23.6.